The van der Waals surface area contributed by atoms with Gasteiger partial charge in [-0.2, -0.15) is 0 Å². The number of hydrogen-bond acceptors (Lipinski definition) is 3. The quantitative estimate of drug-likeness (QED) is 0.877. The van der Waals surface area contributed by atoms with Gasteiger partial charge in [-0.25, -0.2) is 4.98 Å². The Morgan fingerprint density at radius 3 is 2.58 bits per heavy atom. The highest BCUT2D eigenvalue weighted by atomic mass is 35.5. The lowest BCUT2D eigenvalue weighted by Gasteiger charge is -2.16. The summed E-state index contributed by atoms with van der Waals surface area (Å²) in [5.41, 5.74) is 1.77. The van der Waals surface area contributed by atoms with Crippen LogP contribution in [0.2, 0.25) is 0 Å². The molecule has 0 bridgehead atoms. The Kier molecular flexibility index (Phi) is 4.56. The molecule has 0 fully saturated rings. The largest absolute Gasteiger partial charge is 0.343 e. The fourth-order valence-electron chi connectivity index (χ4n) is 1.86. The average molecular weight is 295 g/mol. The second kappa shape index (κ2) is 6.17. The van der Waals surface area contributed by atoms with Crippen LogP contribution < -0.4 is 5.32 Å². The highest BCUT2D eigenvalue weighted by molar-refractivity contribution is 7.13. The van der Waals surface area contributed by atoms with Gasteiger partial charge in [-0.15, -0.1) is 22.9 Å². The first-order valence-electron chi connectivity index (χ1n) is 5.97. The molecule has 1 atom stereocenters. The minimum atomic E-state index is -0.183. The van der Waals surface area contributed by atoms with Crippen molar-refractivity contribution in [2.45, 2.75) is 19.9 Å². The molecule has 1 N–H and O–H groups in total. The zero-order chi connectivity index (χ0) is 13.8. The molecule has 0 aliphatic carbocycles. The summed E-state index contributed by atoms with van der Waals surface area (Å²) in [5, 5.41) is 3.85. The summed E-state index contributed by atoms with van der Waals surface area (Å²) in [6.45, 7) is 3.74. The van der Waals surface area contributed by atoms with Crippen LogP contribution in [0.1, 0.15) is 32.0 Å². The number of rotatable bonds is 4. The smallest absolute Gasteiger partial charge is 0.263 e. The van der Waals surface area contributed by atoms with E-state index in [4.69, 9.17) is 11.6 Å². The Morgan fingerprint density at radius 1 is 1.37 bits per heavy atom. The van der Waals surface area contributed by atoms with Crippen molar-refractivity contribution in [3.63, 3.8) is 0 Å². The molecule has 1 amide bonds. The Labute approximate surface area is 121 Å². The Balaban J connectivity index is 2.15. The maximum atomic E-state index is 12.2. The van der Waals surface area contributed by atoms with Gasteiger partial charge >= 0.3 is 0 Å². The zero-order valence-electron chi connectivity index (χ0n) is 10.8. The van der Waals surface area contributed by atoms with Gasteiger partial charge in [0.15, 0.2) is 0 Å². The second-order valence-corrected chi connectivity index (χ2v) is 5.75. The van der Waals surface area contributed by atoms with E-state index in [1.54, 1.807) is 0 Å². The van der Waals surface area contributed by atoms with Crippen LogP contribution in [0.5, 0.6) is 0 Å². The molecule has 0 aliphatic heterocycles. The van der Waals surface area contributed by atoms with E-state index in [0.717, 1.165) is 16.3 Å². The summed E-state index contributed by atoms with van der Waals surface area (Å²) < 4.78 is 0. The van der Waals surface area contributed by atoms with E-state index in [-0.39, 0.29) is 11.9 Å². The van der Waals surface area contributed by atoms with Gasteiger partial charge in [-0.3, -0.25) is 4.79 Å². The number of aromatic nitrogens is 1. The number of carbonyl (C=O) groups excluding carboxylic acids is 1. The molecule has 3 nitrogen and oxygen atoms in total. The molecule has 5 heteroatoms. The van der Waals surface area contributed by atoms with Crippen molar-refractivity contribution >= 4 is 28.8 Å². The Hall–Kier alpha value is -1.39. The summed E-state index contributed by atoms with van der Waals surface area (Å²) in [5.74, 6) is 0.227. The number of aryl methyl sites for hydroxylation is 2. The number of amides is 1. The minimum absolute atomic E-state index is 0.113. The van der Waals surface area contributed by atoms with Crippen LogP contribution in [0, 0.1) is 13.8 Å². The number of halogens is 1. The van der Waals surface area contributed by atoms with Crippen LogP contribution in [0.15, 0.2) is 30.3 Å². The van der Waals surface area contributed by atoms with Crippen molar-refractivity contribution in [1.82, 2.24) is 10.3 Å². The molecule has 1 aromatic carbocycles. The summed E-state index contributed by atoms with van der Waals surface area (Å²) >= 11 is 7.36. The van der Waals surface area contributed by atoms with Gasteiger partial charge in [0.05, 0.1) is 16.7 Å². The van der Waals surface area contributed by atoms with Gasteiger partial charge in [0.1, 0.15) is 4.88 Å². The third-order valence-electron chi connectivity index (χ3n) is 2.77. The maximum Gasteiger partial charge on any atom is 0.263 e. The summed E-state index contributed by atoms with van der Waals surface area (Å²) in [6.07, 6.45) is 0. The van der Waals surface area contributed by atoms with Gasteiger partial charge in [0.2, 0.25) is 0 Å². The summed E-state index contributed by atoms with van der Waals surface area (Å²) in [7, 11) is 0. The lowest BCUT2D eigenvalue weighted by atomic mass is 10.1. The predicted molar refractivity (Wildman–Crippen MR) is 79.0 cm³/mol. The van der Waals surface area contributed by atoms with Crippen molar-refractivity contribution in [2.24, 2.45) is 0 Å². The number of carbonyl (C=O) groups is 1. The third kappa shape index (κ3) is 3.33. The lowest BCUT2D eigenvalue weighted by Crippen LogP contribution is -2.29. The van der Waals surface area contributed by atoms with Crippen molar-refractivity contribution in [3.8, 4) is 0 Å². The Morgan fingerprint density at radius 2 is 2.05 bits per heavy atom. The van der Waals surface area contributed by atoms with Gasteiger partial charge < -0.3 is 5.32 Å². The van der Waals surface area contributed by atoms with E-state index in [2.05, 4.69) is 10.3 Å². The van der Waals surface area contributed by atoms with Gasteiger partial charge in [0, 0.05) is 5.88 Å². The van der Waals surface area contributed by atoms with E-state index in [1.807, 2.05) is 44.2 Å². The van der Waals surface area contributed by atoms with Gasteiger partial charge in [-0.1, -0.05) is 30.3 Å². The molecule has 0 saturated heterocycles. The molecule has 100 valence electrons. The van der Waals surface area contributed by atoms with E-state index < -0.39 is 0 Å². The van der Waals surface area contributed by atoms with E-state index in [0.29, 0.717) is 10.8 Å². The first-order chi connectivity index (χ1) is 9.11. The molecule has 0 saturated carbocycles. The van der Waals surface area contributed by atoms with Crippen molar-refractivity contribution in [3.05, 3.63) is 51.5 Å². The van der Waals surface area contributed by atoms with Crippen LogP contribution in [-0.2, 0) is 0 Å². The monoisotopic (exact) mass is 294 g/mol. The van der Waals surface area contributed by atoms with E-state index in [9.17, 15) is 4.79 Å². The molecule has 0 radical (unpaired) electrons. The SMILES string of the molecule is Cc1nc(C)c(C(=O)NC(CCl)c2ccccc2)s1. The minimum Gasteiger partial charge on any atom is -0.343 e. The number of nitrogens with one attached hydrogen (secondary N) is 1. The lowest BCUT2D eigenvalue weighted by molar-refractivity contribution is 0.0943. The fraction of sp³-hybridized carbons (Fsp3) is 0.286. The first kappa shape index (κ1) is 14.0. The molecule has 19 heavy (non-hydrogen) atoms. The molecule has 1 aromatic heterocycles. The summed E-state index contributed by atoms with van der Waals surface area (Å²) in [4.78, 5) is 17.1. The molecule has 0 spiro atoms. The van der Waals surface area contributed by atoms with Crippen molar-refractivity contribution < 1.29 is 4.79 Å². The molecule has 2 rings (SSSR count). The average Bonchev–Trinajstić information content (AvgIpc) is 2.76. The molecule has 2 aromatic rings. The number of nitrogens with zero attached hydrogens (tertiary/aromatic N) is 1. The number of benzene rings is 1. The van der Waals surface area contributed by atoms with Crippen molar-refractivity contribution in [1.29, 1.82) is 0 Å². The number of hydrogen-bond donors (Lipinski definition) is 1. The van der Waals surface area contributed by atoms with E-state index in [1.165, 1.54) is 11.3 Å². The van der Waals surface area contributed by atoms with E-state index >= 15 is 0 Å². The number of alkyl halides is 1. The number of thiazole rings is 1. The summed E-state index contributed by atoms with van der Waals surface area (Å²) in [6, 6.07) is 9.53. The molecule has 1 unspecified atom stereocenters. The van der Waals surface area contributed by atoms with Crippen LogP contribution in [0.3, 0.4) is 0 Å². The molecule has 1 heterocycles. The standard InChI is InChI=1S/C14H15ClN2OS/c1-9-13(19-10(2)16-9)14(18)17-12(8-15)11-6-4-3-5-7-11/h3-7,12H,8H2,1-2H3,(H,17,18). The highest BCUT2D eigenvalue weighted by Gasteiger charge is 2.18. The van der Waals surface area contributed by atoms with Gasteiger partial charge in [0.25, 0.3) is 5.91 Å². The molecular formula is C14H15ClN2OS. The maximum absolute atomic E-state index is 12.2. The van der Waals surface area contributed by atoms with Crippen LogP contribution in [0.25, 0.3) is 0 Å². The van der Waals surface area contributed by atoms with Crippen LogP contribution in [-0.4, -0.2) is 16.8 Å². The zero-order valence-corrected chi connectivity index (χ0v) is 12.4. The fourth-order valence-corrected chi connectivity index (χ4v) is 2.94. The third-order valence-corrected chi connectivity index (χ3v) is 4.15. The van der Waals surface area contributed by atoms with Gasteiger partial charge in [-0.05, 0) is 19.4 Å². The second-order valence-electron chi connectivity index (χ2n) is 4.24. The van der Waals surface area contributed by atoms with Crippen LogP contribution >= 0.6 is 22.9 Å². The van der Waals surface area contributed by atoms with Crippen molar-refractivity contribution in [2.75, 3.05) is 5.88 Å². The van der Waals surface area contributed by atoms with Crippen LogP contribution in [0.4, 0.5) is 0 Å². The Bertz CT molecular complexity index is 568. The normalized spacial score (nSPS) is 12.2. The topological polar surface area (TPSA) is 42.0 Å². The molecular weight excluding hydrogens is 280 g/mol. The predicted octanol–water partition coefficient (Wildman–Crippen LogP) is 3.47. The molecule has 0 aliphatic rings. The first-order valence-corrected chi connectivity index (χ1v) is 7.32. The highest BCUT2D eigenvalue weighted by Crippen LogP contribution is 2.20.